The Morgan fingerprint density at radius 1 is 1.16 bits per heavy atom. The molecule has 1 unspecified atom stereocenters. The van der Waals surface area contributed by atoms with Crippen molar-refractivity contribution in [3.8, 4) is 11.5 Å². The van der Waals surface area contributed by atoms with Crippen LogP contribution in [0, 0.1) is 6.92 Å². The molecule has 3 aromatic rings. The van der Waals surface area contributed by atoms with Gasteiger partial charge in [0.2, 0.25) is 0 Å². The van der Waals surface area contributed by atoms with E-state index in [9.17, 15) is 4.79 Å². The molecule has 1 aromatic heterocycles. The van der Waals surface area contributed by atoms with Crippen molar-refractivity contribution in [1.82, 2.24) is 4.98 Å². The van der Waals surface area contributed by atoms with Crippen LogP contribution in [0.2, 0.25) is 0 Å². The molecule has 7 heteroatoms. The van der Waals surface area contributed by atoms with Crippen molar-refractivity contribution in [3.05, 3.63) is 47.5 Å². The van der Waals surface area contributed by atoms with Gasteiger partial charge in [0.05, 0.1) is 36.1 Å². The van der Waals surface area contributed by atoms with Crippen LogP contribution in [0.5, 0.6) is 11.5 Å². The van der Waals surface area contributed by atoms with Gasteiger partial charge in [-0.1, -0.05) is 17.4 Å². The smallest absolute Gasteiger partial charge is 0.260 e. The largest absolute Gasteiger partial charge is 0.490 e. The molecule has 0 aliphatic carbocycles. The molecule has 0 N–H and O–H groups in total. The molecule has 0 saturated carbocycles. The van der Waals surface area contributed by atoms with Gasteiger partial charge in [-0.3, -0.25) is 9.69 Å². The topological polar surface area (TPSA) is 60.9 Å². The number of aromatic nitrogens is 1. The van der Waals surface area contributed by atoms with Crippen LogP contribution in [0.1, 0.15) is 42.6 Å². The van der Waals surface area contributed by atoms with E-state index in [2.05, 4.69) is 13.0 Å². The lowest BCUT2D eigenvalue weighted by Crippen LogP contribution is -2.37. The fourth-order valence-corrected chi connectivity index (χ4v) is 4.79. The molecule has 1 aliphatic rings. The number of anilines is 1. The van der Waals surface area contributed by atoms with Crippen LogP contribution >= 0.6 is 11.3 Å². The third kappa shape index (κ3) is 4.83. The zero-order valence-electron chi connectivity index (χ0n) is 18.2. The molecule has 1 saturated heterocycles. The number of hydrogen-bond acceptors (Lipinski definition) is 6. The Morgan fingerprint density at radius 3 is 2.71 bits per heavy atom. The number of carbonyl (C=O) groups excluding carboxylic acids is 1. The summed E-state index contributed by atoms with van der Waals surface area (Å²) in [6, 6.07) is 11.5. The lowest BCUT2D eigenvalue weighted by atomic mass is 10.1. The van der Waals surface area contributed by atoms with E-state index in [0.717, 1.165) is 29.7 Å². The van der Waals surface area contributed by atoms with Crippen LogP contribution in [0.4, 0.5) is 5.13 Å². The first kappa shape index (κ1) is 21.6. The number of ether oxygens (including phenoxy) is 3. The average Bonchev–Trinajstić information content (AvgIpc) is 3.42. The molecule has 1 fully saturated rings. The summed E-state index contributed by atoms with van der Waals surface area (Å²) in [6.07, 6.45) is 1.98. The second-order valence-corrected chi connectivity index (χ2v) is 8.56. The summed E-state index contributed by atoms with van der Waals surface area (Å²) in [5.74, 6) is 1.10. The van der Waals surface area contributed by atoms with Crippen LogP contribution < -0.4 is 14.4 Å². The molecular weight excluding hydrogens is 412 g/mol. The van der Waals surface area contributed by atoms with Crippen molar-refractivity contribution in [2.75, 3.05) is 31.3 Å². The molecule has 1 amide bonds. The predicted molar refractivity (Wildman–Crippen MR) is 124 cm³/mol. The monoisotopic (exact) mass is 440 g/mol. The van der Waals surface area contributed by atoms with Crippen LogP contribution in [-0.4, -0.2) is 43.4 Å². The van der Waals surface area contributed by atoms with Crippen molar-refractivity contribution in [3.63, 3.8) is 0 Å². The van der Waals surface area contributed by atoms with E-state index in [0.29, 0.717) is 42.0 Å². The molecule has 0 radical (unpaired) electrons. The normalized spacial score (nSPS) is 15.9. The number of thiazole rings is 1. The lowest BCUT2D eigenvalue weighted by molar-refractivity contribution is 0.0917. The number of aryl methyl sites for hydroxylation is 1. The quantitative estimate of drug-likeness (QED) is 0.480. The molecule has 0 bridgehead atoms. The van der Waals surface area contributed by atoms with E-state index < -0.39 is 0 Å². The first-order valence-corrected chi connectivity index (χ1v) is 11.6. The van der Waals surface area contributed by atoms with Gasteiger partial charge in [-0.05, 0) is 69.5 Å². The van der Waals surface area contributed by atoms with Crippen LogP contribution in [0.25, 0.3) is 10.2 Å². The highest BCUT2D eigenvalue weighted by Crippen LogP contribution is 2.33. The number of nitrogens with zero attached hydrogens (tertiary/aromatic N) is 2. The minimum absolute atomic E-state index is 0.0201. The average molecular weight is 441 g/mol. The van der Waals surface area contributed by atoms with Crippen molar-refractivity contribution in [2.24, 2.45) is 0 Å². The molecule has 2 aromatic carbocycles. The van der Waals surface area contributed by atoms with Crippen molar-refractivity contribution < 1.29 is 19.0 Å². The Bertz CT molecular complexity index is 1060. The molecule has 0 spiro atoms. The fourth-order valence-electron chi connectivity index (χ4n) is 3.71. The molecule has 2 heterocycles. The van der Waals surface area contributed by atoms with Gasteiger partial charge < -0.3 is 14.2 Å². The van der Waals surface area contributed by atoms with Crippen molar-refractivity contribution >= 4 is 32.6 Å². The van der Waals surface area contributed by atoms with E-state index in [4.69, 9.17) is 19.2 Å². The summed E-state index contributed by atoms with van der Waals surface area (Å²) < 4.78 is 18.3. The van der Waals surface area contributed by atoms with E-state index in [-0.39, 0.29) is 12.0 Å². The van der Waals surface area contributed by atoms with Gasteiger partial charge >= 0.3 is 0 Å². The third-order valence-electron chi connectivity index (χ3n) is 5.21. The van der Waals surface area contributed by atoms with Gasteiger partial charge in [0.1, 0.15) is 0 Å². The number of benzene rings is 2. The Balaban J connectivity index is 1.70. The van der Waals surface area contributed by atoms with E-state index >= 15 is 0 Å². The van der Waals surface area contributed by atoms with Gasteiger partial charge in [-0.25, -0.2) is 4.98 Å². The van der Waals surface area contributed by atoms with E-state index in [1.807, 2.05) is 26.0 Å². The minimum atomic E-state index is -0.115. The Hall–Kier alpha value is -2.64. The Morgan fingerprint density at radius 2 is 1.97 bits per heavy atom. The summed E-state index contributed by atoms with van der Waals surface area (Å²) in [4.78, 5) is 20.2. The fraction of sp³-hybridized carbons (Fsp3) is 0.417. The highest BCUT2D eigenvalue weighted by atomic mass is 32.1. The second-order valence-electron chi connectivity index (χ2n) is 7.55. The van der Waals surface area contributed by atoms with Gasteiger partial charge in [-0.15, -0.1) is 0 Å². The zero-order chi connectivity index (χ0) is 21.8. The Labute approximate surface area is 186 Å². The van der Waals surface area contributed by atoms with Crippen molar-refractivity contribution in [1.29, 1.82) is 0 Å². The molecule has 164 valence electrons. The molecule has 1 aliphatic heterocycles. The maximum atomic E-state index is 13.6. The van der Waals surface area contributed by atoms with Gasteiger partial charge in [0, 0.05) is 12.2 Å². The summed E-state index contributed by atoms with van der Waals surface area (Å²) in [5.41, 5.74) is 2.62. The number of carbonyl (C=O) groups is 1. The number of fused-ring (bicyclic) bond motifs is 1. The van der Waals surface area contributed by atoms with Crippen LogP contribution in [0.3, 0.4) is 0 Å². The molecule has 6 nitrogen and oxygen atoms in total. The number of hydrogen-bond donors (Lipinski definition) is 0. The highest BCUT2D eigenvalue weighted by molar-refractivity contribution is 7.22. The van der Waals surface area contributed by atoms with Gasteiger partial charge in [-0.2, -0.15) is 0 Å². The zero-order valence-corrected chi connectivity index (χ0v) is 19.0. The summed E-state index contributed by atoms with van der Waals surface area (Å²) >= 11 is 1.53. The summed E-state index contributed by atoms with van der Waals surface area (Å²) in [5, 5.41) is 0.688. The number of rotatable bonds is 8. The number of amides is 1. The molecule has 4 rings (SSSR count). The van der Waals surface area contributed by atoms with Crippen LogP contribution in [-0.2, 0) is 4.74 Å². The maximum Gasteiger partial charge on any atom is 0.260 e. The van der Waals surface area contributed by atoms with E-state index in [1.54, 1.807) is 23.1 Å². The molecule has 31 heavy (non-hydrogen) atoms. The summed E-state index contributed by atoms with van der Waals surface area (Å²) in [7, 11) is 0. The predicted octanol–water partition coefficient (Wildman–Crippen LogP) is 5.23. The van der Waals surface area contributed by atoms with Crippen LogP contribution in [0.15, 0.2) is 36.4 Å². The second kappa shape index (κ2) is 9.66. The lowest BCUT2D eigenvalue weighted by Gasteiger charge is -2.23. The van der Waals surface area contributed by atoms with Gasteiger partial charge in [0.25, 0.3) is 5.91 Å². The van der Waals surface area contributed by atoms with Gasteiger partial charge in [0.15, 0.2) is 16.6 Å². The highest BCUT2D eigenvalue weighted by Gasteiger charge is 2.27. The minimum Gasteiger partial charge on any atom is -0.490 e. The standard InChI is InChI=1S/C24H28N2O4S/c1-4-28-20-11-9-17(14-21(20)29-5-2)23(27)26(15-18-7-6-12-30-18)24-25-19-10-8-16(3)13-22(19)31-24/h8-11,13-14,18H,4-7,12,15H2,1-3H3. The third-order valence-corrected chi connectivity index (χ3v) is 6.25. The van der Waals surface area contributed by atoms with E-state index in [1.165, 1.54) is 16.9 Å². The Kier molecular flexibility index (Phi) is 6.73. The first-order chi connectivity index (χ1) is 15.1. The SMILES string of the molecule is CCOc1ccc(C(=O)N(CC2CCCO2)c2nc3ccc(C)cc3s2)cc1OCC. The summed E-state index contributed by atoms with van der Waals surface area (Å²) in [6.45, 7) is 8.14. The molecular formula is C24H28N2O4S. The maximum absolute atomic E-state index is 13.6. The van der Waals surface area contributed by atoms with Crippen molar-refractivity contribution in [2.45, 2.75) is 39.7 Å². The molecule has 1 atom stereocenters. The first-order valence-electron chi connectivity index (χ1n) is 10.8.